The Kier molecular flexibility index (Phi) is 6.29. The molecule has 1 saturated carbocycles. The van der Waals surface area contributed by atoms with E-state index < -0.39 is 9.84 Å². The molecule has 0 radical (unpaired) electrons. The van der Waals surface area contributed by atoms with Gasteiger partial charge in [0.15, 0.2) is 9.84 Å². The molecule has 0 amide bonds. The maximum atomic E-state index is 13.4. The summed E-state index contributed by atoms with van der Waals surface area (Å²) in [7, 11) is -3.03. The fourth-order valence-corrected chi connectivity index (χ4v) is 5.14. The normalized spacial score (nSPS) is 22.7. The van der Waals surface area contributed by atoms with Crippen LogP contribution in [0, 0.1) is 5.82 Å². The summed E-state index contributed by atoms with van der Waals surface area (Å²) in [6.07, 6.45) is 6.97. The molecule has 1 aliphatic rings. The molecule has 2 atom stereocenters. The molecule has 0 heterocycles. The highest BCUT2D eigenvalue weighted by Crippen LogP contribution is 2.25. The molecule has 1 aliphatic carbocycles. The van der Waals surface area contributed by atoms with Gasteiger partial charge in [-0.2, -0.15) is 11.8 Å². The molecule has 6 heteroatoms. The fraction of sp³-hybridized carbons (Fsp3) is 0.625. The van der Waals surface area contributed by atoms with Crippen LogP contribution in [0.4, 0.5) is 4.39 Å². The molecule has 1 N–H and O–H groups in total. The highest BCUT2D eigenvalue weighted by molar-refractivity contribution is 7.97. The first-order chi connectivity index (χ1) is 10.4. The van der Waals surface area contributed by atoms with Crippen LogP contribution in [0.2, 0.25) is 0 Å². The van der Waals surface area contributed by atoms with Gasteiger partial charge in [-0.1, -0.05) is 18.9 Å². The number of halogens is 1. The minimum absolute atomic E-state index is 0.00377. The van der Waals surface area contributed by atoms with Crippen molar-refractivity contribution in [2.75, 3.05) is 12.5 Å². The predicted molar refractivity (Wildman–Crippen MR) is 91.3 cm³/mol. The second-order valence-corrected chi connectivity index (χ2v) is 9.12. The molecule has 1 aromatic carbocycles. The van der Waals surface area contributed by atoms with Crippen molar-refractivity contribution in [2.45, 2.75) is 49.3 Å². The van der Waals surface area contributed by atoms with Crippen LogP contribution in [0.15, 0.2) is 18.2 Å². The number of nitrogens with one attached hydrogen (secondary N) is 1. The molecule has 3 nitrogen and oxygen atoms in total. The third kappa shape index (κ3) is 4.70. The van der Waals surface area contributed by atoms with Gasteiger partial charge in [0.25, 0.3) is 0 Å². The van der Waals surface area contributed by atoms with Crippen molar-refractivity contribution in [2.24, 2.45) is 0 Å². The highest BCUT2D eigenvalue weighted by Gasteiger charge is 2.32. The summed E-state index contributed by atoms with van der Waals surface area (Å²) >= 11 is 1.65. The van der Waals surface area contributed by atoms with Crippen molar-refractivity contribution in [3.8, 4) is 0 Å². The zero-order valence-corrected chi connectivity index (χ0v) is 14.8. The van der Waals surface area contributed by atoms with Crippen LogP contribution in [0.5, 0.6) is 0 Å². The van der Waals surface area contributed by atoms with Crippen molar-refractivity contribution in [1.82, 2.24) is 5.32 Å². The fourth-order valence-electron chi connectivity index (χ4n) is 3.14. The number of rotatable bonds is 6. The van der Waals surface area contributed by atoms with E-state index in [0.29, 0.717) is 6.54 Å². The van der Waals surface area contributed by atoms with Gasteiger partial charge in [-0.3, -0.25) is 0 Å². The first kappa shape index (κ1) is 17.8. The number of hydrogen-bond acceptors (Lipinski definition) is 4. The van der Waals surface area contributed by atoms with Crippen LogP contribution >= 0.6 is 11.8 Å². The van der Waals surface area contributed by atoms with Crippen LogP contribution in [-0.2, 0) is 22.1 Å². The highest BCUT2D eigenvalue weighted by atomic mass is 32.2. The van der Waals surface area contributed by atoms with E-state index in [1.165, 1.54) is 12.3 Å². The quantitative estimate of drug-likeness (QED) is 0.860. The molecular weight excluding hydrogens is 321 g/mol. The van der Waals surface area contributed by atoms with Gasteiger partial charge in [-0.25, -0.2) is 12.8 Å². The van der Waals surface area contributed by atoms with E-state index in [4.69, 9.17) is 0 Å². The largest absolute Gasteiger partial charge is 0.309 e. The van der Waals surface area contributed by atoms with Crippen molar-refractivity contribution in [1.29, 1.82) is 0 Å². The molecule has 1 fully saturated rings. The van der Waals surface area contributed by atoms with Gasteiger partial charge in [-0.05, 0) is 42.4 Å². The van der Waals surface area contributed by atoms with E-state index in [0.717, 1.165) is 42.6 Å². The molecule has 124 valence electrons. The zero-order chi connectivity index (χ0) is 16.2. The second kappa shape index (κ2) is 7.79. The monoisotopic (exact) mass is 345 g/mol. The number of thioether (sulfide) groups is 1. The maximum absolute atomic E-state index is 13.4. The van der Waals surface area contributed by atoms with E-state index in [1.807, 2.05) is 6.26 Å². The summed E-state index contributed by atoms with van der Waals surface area (Å²) in [6.45, 7) is 0.590. The Morgan fingerprint density at radius 3 is 2.68 bits per heavy atom. The Balaban J connectivity index is 2.08. The molecule has 0 aromatic heterocycles. The van der Waals surface area contributed by atoms with E-state index in [9.17, 15) is 12.8 Å². The summed E-state index contributed by atoms with van der Waals surface area (Å²) in [6, 6.07) is 4.83. The predicted octanol–water partition coefficient (Wildman–Crippen LogP) is 3.13. The average molecular weight is 346 g/mol. The van der Waals surface area contributed by atoms with Crippen molar-refractivity contribution in [3.05, 3.63) is 35.1 Å². The van der Waals surface area contributed by atoms with Gasteiger partial charge in [0, 0.05) is 24.6 Å². The van der Waals surface area contributed by atoms with Gasteiger partial charge >= 0.3 is 0 Å². The lowest BCUT2D eigenvalue weighted by Crippen LogP contribution is -2.45. The van der Waals surface area contributed by atoms with Crippen LogP contribution < -0.4 is 5.32 Å². The number of hydrogen-bond donors (Lipinski definition) is 1. The van der Waals surface area contributed by atoms with Gasteiger partial charge in [0.2, 0.25) is 0 Å². The average Bonchev–Trinajstić information content (AvgIpc) is 2.46. The Labute approximate surface area is 137 Å². The molecule has 0 bridgehead atoms. The van der Waals surface area contributed by atoms with Crippen LogP contribution in [-0.4, -0.2) is 32.2 Å². The standard InChI is InChI=1S/C16H24FNO2S2/c1-21-11-13-9-14(17)8-7-12(13)10-18-15-5-3-4-6-16(15)22(2,19)20/h7-9,15-16,18H,3-6,10-11H2,1-2H3/t15-,16-/m0/s1. The Hall–Kier alpha value is -0.590. The topological polar surface area (TPSA) is 46.2 Å². The molecule has 22 heavy (non-hydrogen) atoms. The molecule has 0 unspecified atom stereocenters. The lowest BCUT2D eigenvalue weighted by molar-refractivity contribution is 0.370. The van der Waals surface area contributed by atoms with Crippen molar-refractivity contribution < 1.29 is 12.8 Å². The summed E-state index contributed by atoms with van der Waals surface area (Å²) in [5.74, 6) is 0.536. The number of sulfone groups is 1. The molecule has 0 saturated heterocycles. The van der Waals surface area contributed by atoms with Crippen LogP contribution in [0.1, 0.15) is 36.8 Å². The van der Waals surface area contributed by atoms with E-state index >= 15 is 0 Å². The lowest BCUT2D eigenvalue weighted by atomic mass is 9.94. The summed E-state index contributed by atoms with van der Waals surface area (Å²) in [5.41, 5.74) is 2.03. The number of benzene rings is 1. The summed E-state index contributed by atoms with van der Waals surface area (Å²) in [4.78, 5) is 0. The van der Waals surface area contributed by atoms with Gasteiger partial charge in [0.05, 0.1) is 5.25 Å². The van der Waals surface area contributed by atoms with Gasteiger partial charge in [0.1, 0.15) is 5.82 Å². The van der Waals surface area contributed by atoms with Gasteiger partial charge < -0.3 is 5.32 Å². The lowest BCUT2D eigenvalue weighted by Gasteiger charge is -2.31. The minimum atomic E-state index is -3.03. The van der Waals surface area contributed by atoms with Gasteiger partial charge in [-0.15, -0.1) is 0 Å². The Morgan fingerprint density at radius 1 is 1.27 bits per heavy atom. The molecular formula is C16H24FNO2S2. The molecule has 0 spiro atoms. The first-order valence-electron chi connectivity index (χ1n) is 7.60. The van der Waals surface area contributed by atoms with Crippen LogP contribution in [0.3, 0.4) is 0 Å². The zero-order valence-electron chi connectivity index (χ0n) is 13.1. The molecule has 1 aromatic rings. The van der Waals surface area contributed by atoms with E-state index in [-0.39, 0.29) is 17.1 Å². The van der Waals surface area contributed by atoms with E-state index in [1.54, 1.807) is 23.9 Å². The first-order valence-corrected chi connectivity index (χ1v) is 10.9. The molecule has 0 aliphatic heterocycles. The van der Waals surface area contributed by atoms with Crippen molar-refractivity contribution >= 4 is 21.6 Å². The summed E-state index contributed by atoms with van der Waals surface area (Å²) < 4.78 is 37.2. The maximum Gasteiger partial charge on any atom is 0.151 e. The summed E-state index contributed by atoms with van der Waals surface area (Å²) in [5, 5.41) is 3.10. The van der Waals surface area contributed by atoms with E-state index in [2.05, 4.69) is 5.32 Å². The third-order valence-electron chi connectivity index (χ3n) is 4.28. The smallest absolute Gasteiger partial charge is 0.151 e. The molecule has 2 rings (SSSR count). The minimum Gasteiger partial charge on any atom is -0.309 e. The second-order valence-electron chi connectivity index (χ2n) is 5.99. The van der Waals surface area contributed by atoms with Crippen molar-refractivity contribution in [3.63, 3.8) is 0 Å². The third-order valence-corrected chi connectivity index (χ3v) is 6.54. The Bertz CT molecular complexity index is 604. The SMILES string of the molecule is CSCc1cc(F)ccc1CN[C@H]1CCCC[C@@H]1S(C)(=O)=O. The Morgan fingerprint density at radius 2 is 2.00 bits per heavy atom. The van der Waals surface area contributed by atoms with Crippen LogP contribution in [0.25, 0.3) is 0 Å².